The van der Waals surface area contributed by atoms with Gasteiger partial charge in [0.15, 0.2) is 0 Å². The van der Waals surface area contributed by atoms with Gasteiger partial charge in [-0.15, -0.1) is 0 Å². The monoisotopic (exact) mass is 550 g/mol. The molecule has 0 fully saturated rings. The lowest BCUT2D eigenvalue weighted by Gasteiger charge is -2.31. The van der Waals surface area contributed by atoms with Crippen molar-refractivity contribution in [1.29, 1.82) is 0 Å². The van der Waals surface area contributed by atoms with Crippen LogP contribution >= 0.6 is 0 Å². The third kappa shape index (κ3) is 4.79. The third-order valence-electron chi connectivity index (χ3n) is 5.26. The lowest BCUT2D eigenvalue weighted by Crippen LogP contribution is -2.41. The normalized spacial score (nSPS) is 15.4. The number of halogens is 6. The maximum atomic E-state index is 13.0. The van der Waals surface area contributed by atoms with E-state index in [4.69, 9.17) is 9.47 Å². The smallest absolute Gasteiger partial charge is 0.497 e. The predicted molar refractivity (Wildman–Crippen MR) is 108 cm³/mol. The zero-order valence-electron chi connectivity index (χ0n) is 17.7. The van der Waals surface area contributed by atoms with Crippen LogP contribution in [0, 0.1) is 0 Å². The van der Waals surface area contributed by atoms with Crippen molar-refractivity contribution in [2.45, 2.75) is 16.4 Å². The number of hydrogen-bond acceptors (Lipinski definition) is 8. The molecule has 3 rings (SSSR count). The molecule has 0 heterocycles. The lowest BCUT2D eigenvalue weighted by molar-refractivity contribution is -0.0577. The molecule has 0 aliphatic heterocycles. The van der Waals surface area contributed by atoms with Crippen LogP contribution in [0.25, 0.3) is 11.1 Å². The first-order valence-electron chi connectivity index (χ1n) is 9.28. The van der Waals surface area contributed by atoms with Crippen LogP contribution in [0.1, 0.15) is 11.1 Å². The van der Waals surface area contributed by atoms with Crippen LogP contribution in [0.4, 0.5) is 26.3 Å². The third-order valence-corrected chi connectivity index (χ3v) is 7.25. The SMILES string of the molecule is COc1ccc2c(c1)C(COS(=O)(=O)C(F)(F)F)(COS(=O)(=O)C(F)(F)F)c1cc(OC)ccc1-2. The van der Waals surface area contributed by atoms with Crippen LogP contribution in [0.2, 0.25) is 0 Å². The number of fused-ring (bicyclic) bond motifs is 3. The number of alkyl halides is 6. The number of hydrogen-bond donors (Lipinski definition) is 0. The summed E-state index contributed by atoms with van der Waals surface area (Å²) in [6.45, 7) is -2.91. The summed E-state index contributed by atoms with van der Waals surface area (Å²) in [6, 6.07) is 8.10. The van der Waals surface area contributed by atoms with Crippen molar-refractivity contribution in [3.8, 4) is 22.6 Å². The molecule has 0 bridgehead atoms. The molecule has 0 radical (unpaired) electrons. The van der Waals surface area contributed by atoms with Gasteiger partial charge in [0, 0.05) is 0 Å². The second-order valence-electron chi connectivity index (χ2n) is 7.23. The van der Waals surface area contributed by atoms with Gasteiger partial charge < -0.3 is 9.47 Å². The van der Waals surface area contributed by atoms with E-state index >= 15 is 0 Å². The fourth-order valence-electron chi connectivity index (χ4n) is 3.55. The van der Waals surface area contributed by atoms with Gasteiger partial charge in [-0.25, -0.2) is 0 Å². The lowest BCUT2D eigenvalue weighted by atomic mass is 9.79. The van der Waals surface area contributed by atoms with Gasteiger partial charge in [0.1, 0.15) is 11.5 Å². The van der Waals surface area contributed by atoms with Gasteiger partial charge in [0.2, 0.25) is 0 Å². The fraction of sp³-hybridized carbons (Fsp3) is 0.368. The summed E-state index contributed by atoms with van der Waals surface area (Å²) in [6.07, 6.45) is 0. The standard InChI is InChI=1S/C19H16F6O8S2/c1-30-11-3-5-13-14-6-4-12(31-2)8-16(14)17(15(13)7-11,9-32-34(26,27)18(20,21)22)10-33-35(28,29)19(23,24)25/h3-8H,9-10H2,1-2H3. The van der Waals surface area contributed by atoms with E-state index in [1.54, 1.807) is 0 Å². The first-order valence-corrected chi connectivity index (χ1v) is 12.1. The highest BCUT2D eigenvalue weighted by Gasteiger charge is 2.54. The molecule has 0 amide bonds. The first kappa shape index (κ1) is 27.0. The Morgan fingerprint density at radius 3 is 1.31 bits per heavy atom. The maximum Gasteiger partial charge on any atom is 0.523 e. The number of methoxy groups -OCH3 is 2. The Morgan fingerprint density at radius 2 is 1.03 bits per heavy atom. The van der Waals surface area contributed by atoms with Crippen LogP contribution in [0.15, 0.2) is 36.4 Å². The first-order chi connectivity index (χ1) is 16.0. The van der Waals surface area contributed by atoms with E-state index in [9.17, 15) is 43.2 Å². The molecule has 0 unspecified atom stereocenters. The number of rotatable bonds is 8. The summed E-state index contributed by atoms with van der Waals surface area (Å²) in [5.74, 6) is 0.176. The molecule has 1 aliphatic carbocycles. The number of benzene rings is 2. The summed E-state index contributed by atoms with van der Waals surface area (Å²) >= 11 is 0. The molecule has 0 aromatic heterocycles. The molecule has 194 valence electrons. The van der Waals surface area contributed by atoms with Crippen molar-refractivity contribution in [2.24, 2.45) is 0 Å². The van der Waals surface area contributed by atoms with Crippen LogP contribution in [0.5, 0.6) is 11.5 Å². The molecule has 2 aromatic rings. The van der Waals surface area contributed by atoms with E-state index in [0.717, 1.165) is 0 Å². The zero-order valence-corrected chi connectivity index (χ0v) is 19.4. The minimum Gasteiger partial charge on any atom is -0.497 e. The van der Waals surface area contributed by atoms with E-state index in [1.807, 2.05) is 0 Å². The van der Waals surface area contributed by atoms with Gasteiger partial charge in [-0.1, -0.05) is 12.1 Å². The molecule has 0 N–H and O–H groups in total. The highest BCUT2D eigenvalue weighted by atomic mass is 32.2. The Balaban J connectivity index is 2.27. The molecule has 8 nitrogen and oxygen atoms in total. The molecule has 0 saturated heterocycles. The molecule has 1 aliphatic rings. The fourth-order valence-corrected chi connectivity index (χ4v) is 4.53. The van der Waals surface area contributed by atoms with Crippen molar-refractivity contribution in [3.05, 3.63) is 47.5 Å². The highest BCUT2D eigenvalue weighted by molar-refractivity contribution is 7.87. The summed E-state index contributed by atoms with van der Waals surface area (Å²) in [5.41, 5.74) is -13.7. The molecule has 0 atom stereocenters. The number of ether oxygens (including phenoxy) is 2. The highest BCUT2D eigenvalue weighted by Crippen LogP contribution is 2.52. The summed E-state index contributed by atoms with van der Waals surface area (Å²) < 4.78 is 143. The van der Waals surface area contributed by atoms with Crippen LogP contribution < -0.4 is 9.47 Å². The minimum atomic E-state index is -6.23. The quantitative estimate of drug-likeness (QED) is 0.279. The van der Waals surface area contributed by atoms with Crippen molar-refractivity contribution in [2.75, 3.05) is 27.4 Å². The minimum absolute atomic E-state index is 0.0881. The van der Waals surface area contributed by atoms with Gasteiger partial charge in [0.25, 0.3) is 0 Å². The average Bonchev–Trinajstić information content (AvgIpc) is 3.03. The van der Waals surface area contributed by atoms with Crippen molar-refractivity contribution in [3.63, 3.8) is 0 Å². The van der Waals surface area contributed by atoms with Crippen molar-refractivity contribution < 1.29 is 61.0 Å². The van der Waals surface area contributed by atoms with Gasteiger partial charge in [-0.3, -0.25) is 8.37 Å². The average molecular weight is 550 g/mol. The summed E-state index contributed by atoms with van der Waals surface area (Å²) in [4.78, 5) is 0. The van der Waals surface area contributed by atoms with Crippen LogP contribution in [0.3, 0.4) is 0 Å². The second-order valence-corrected chi connectivity index (χ2v) is 10.4. The second kappa shape index (κ2) is 8.83. The Hall–Kier alpha value is -2.56. The molecule has 0 spiro atoms. The van der Waals surface area contributed by atoms with Crippen LogP contribution in [-0.4, -0.2) is 55.3 Å². The van der Waals surface area contributed by atoms with E-state index in [1.165, 1.54) is 50.6 Å². The molecular weight excluding hydrogens is 534 g/mol. The van der Waals surface area contributed by atoms with E-state index < -0.39 is 49.9 Å². The summed E-state index contributed by atoms with van der Waals surface area (Å²) in [5, 5.41) is 0. The maximum absolute atomic E-state index is 13.0. The Labute approximate surface area is 195 Å². The van der Waals surface area contributed by atoms with Crippen molar-refractivity contribution in [1.82, 2.24) is 0 Å². The zero-order chi connectivity index (χ0) is 26.4. The Morgan fingerprint density at radius 1 is 0.686 bits per heavy atom. The van der Waals surface area contributed by atoms with Gasteiger partial charge >= 0.3 is 31.3 Å². The Bertz CT molecular complexity index is 1230. The molecule has 0 saturated carbocycles. The van der Waals surface area contributed by atoms with Crippen LogP contribution in [-0.2, 0) is 34.0 Å². The van der Waals surface area contributed by atoms with Gasteiger partial charge in [-0.05, 0) is 46.5 Å². The topological polar surface area (TPSA) is 105 Å². The van der Waals surface area contributed by atoms with E-state index in [-0.39, 0.29) is 33.8 Å². The van der Waals surface area contributed by atoms with Crippen molar-refractivity contribution >= 4 is 20.2 Å². The molecular formula is C19H16F6O8S2. The van der Waals surface area contributed by atoms with Gasteiger partial charge in [0.05, 0.1) is 32.8 Å². The Kier molecular flexibility index (Phi) is 6.82. The largest absolute Gasteiger partial charge is 0.523 e. The summed E-state index contributed by atoms with van der Waals surface area (Å²) in [7, 11) is -10.0. The molecule has 35 heavy (non-hydrogen) atoms. The predicted octanol–water partition coefficient (Wildman–Crippen LogP) is 3.70. The molecule has 16 heteroatoms. The van der Waals surface area contributed by atoms with E-state index in [2.05, 4.69) is 8.37 Å². The molecule has 2 aromatic carbocycles. The van der Waals surface area contributed by atoms with Gasteiger partial charge in [-0.2, -0.15) is 43.2 Å². The van der Waals surface area contributed by atoms with E-state index in [0.29, 0.717) is 0 Å².